The molecule has 5 nitrogen and oxygen atoms in total. The third kappa shape index (κ3) is 4.07. The Kier molecular flexibility index (Phi) is 5.01. The number of amides is 1. The van der Waals surface area contributed by atoms with Crippen LogP contribution in [0.2, 0.25) is 0 Å². The Bertz CT molecular complexity index is 638. The molecule has 0 aliphatic rings. The van der Waals surface area contributed by atoms with E-state index in [-0.39, 0.29) is 11.7 Å². The van der Waals surface area contributed by atoms with Crippen LogP contribution in [0.5, 0.6) is 0 Å². The van der Waals surface area contributed by atoms with Crippen molar-refractivity contribution in [1.29, 1.82) is 0 Å². The minimum Gasteiger partial charge on any atom is -0.416 e. The number of benzene rings is 1. The SMILES string of the molecule is Cc1nnc(SCC(=O)Nc2c(C)cccc2C(C)C)o1. The highest BCUT2D eigenvalue weighted by atomic mass is 32.2. The summed E-state index contributed by atoms with van der Waals surface area (Å²) in [4.78, 5) is 12.1. The molecule has 0 atom stereocenters. The average Bonchev–Trinajstić information content (AvgIpc) is 2.84. The second kappa shape index (κ2) is 6.76. The number of rotatable bonds is 5. The molecule has 0 fully saturated rings. The van der Waals surface area contributed by atoms with Crippen LogP contribution in [0.15, 0.2) is 27.8 Å². The molecule has 0 saturated heterocycles. The number of hydrogen-bond acceptors (Lipinski definition) is 5. The highest BCUT2D eigenvalue weighted by molar-refractivity contribution is 7.99. The van der Waals surface area contributed by atoms with Gasteiger partial charge in [0.15, 0.2) is 0 Å². The van der Waals surface area contributed by atoms with Crippen molar-refractivity contribution in [3.05, 3.63) is 35.2 Å². The Balaban J connectivity index is 2.02. The van der Waals surface area contributed by atoms with Crippen LogP contribution in [0.25, 0.3) is 0 Å². The summed E-state index contributed by atoms with van der Waals surface area (Å²) < 4.78 is 5.23. The first kappa shape index (κ1) is 15.6. The molecule has 21 heavy (non-hydrogen) atoms. The molecule has 1 N–H and O–H groups in total. The van der Waals surface area contributed by atoms with Crippen LogP contribution in [0.1, 0.15) is 36.8 Å². The largest absolute Gasteiger partial charge is 0.416 e. The third-order valence-electron chi connectivity index (χ3n) is 3.03. The van der Waals surface area contributed by atoms with Crippen LogP contribution in [0.3, 0.4) is 0 Å². The molecule has 0 aliphatic heterocycles. The Morgan fingerprint density at radius 1 is 1.33 bits per heavy atom. The van der Waals surface area contributed by atoms with E-state index in [2.05, 4.69) is 29.4 Å². The number of carbonyl (C=O) groups excluding carboxylic acids is 1. The number of carbonyl (C=O) groups is 1. The van der Waals surface area contributed by atoms with Gasteiger partial charge in [0.25, 0.3) is 5.22 Å². The summed E-state index contributed by atoms with van der Waals surface area (Å²) >= 11 is 1.24. The molecule has 112 valence electrons. The van der Waals surface area contributed by atoms with Crippen LogP contribution >= 0.6 is 11.8 Å². The molecule has 6 heteroatoms. The highest BCUT2D eigenvalue weighted by Crippen LogP contribution is 2.27. The van der Waals surface area contributed by atoms with E-state index in [0.29, 0.717) is 17.0 Å². The van der Waals surface area contributed by atoms with Gasteiger partial charge < -0.3 is 9.73 Å². The summed E-state index contributed by atoms with van der Waals surface area (Å²) in [7, 11) is 0. The van der Waals surface area contributed by atoms with E-state index in [1.54, 1.807) is 6.92 Å². The van der Waals surface area contributed by atoms with Crippen LogP contribution in [-0.4, -0.2) is 21.9 Å². The van der Waals surface area contributed by atoms with Crippen molar-refractivity contribution in [2.45, 2.75) is 38.8 Å². The Hall–Kier alpha value is -1.82. The van der Waals surface area contributed by atoms with Crippen molar-refractivity contribution in [3.63, 3.8) is 0 Å². The molecule has 1 heterocycles. The number of nitrogens with zero attached hydrogens (tertiary/aromatic N) is 2. The van der Waals surface area contributed by atoms with Crippen molar-refractivity contribution in [2.75, 3.05) is 11.1 Å². The van der Waals surface area contributed by atoms with Gasteiger partial charge in [-0.3, -0.25) is 4.79 Å². The van der Waals surface area contributed by atoms with E-state index < -0.39 is 0 Å². The number of anilines is 1. The molecule has 1 aromatic heterocycles. The Morgan fingerprint density at radius 2 is 2.10 bits per heavy atom. The monoisotopic (exact) mass is 305 g/mol. The molecule has 0 bridgehead atoms. The van der Waals surface area contributed by atoms with Gasteiger partial charge >= 0.3 is 0 Å². The van der Waals surface area contributed by atoms with Crippen molar-refractivity contribution in [1.82, 2.24) is 10.2 Å². The quantitative estimate of drug-likeness (QED) is 0.856. The molecule has 0 aliphatic carbocycles. The van der Waals surface area contributed by atoms with Gasteiger partial charge in [0.1, 0.15) is 0 Å². The lowest BCUT2D eigenvalue weighted by Gasteiger charge is -2.16. The number of nitrogens with one attached hydrogen (secondary N) is 1. The topological polar surface area (TPSA) is 68.0 Å². The summed E-state index contributed by atoms with van der Waals surface area (Å²) in [6, 6.07) is 6.05. The van der Waals surface area contributed by atoms with Crippen LogP contribution in [0.4, 0.5) is 5.69 Å². The van der Waals surface area contributed by atoms with Gasteiger partial charge in [0.2, 0.25) is 11.8 Å². The number of hydrogen-bond donors (Lipinski definition) is 1. The molecule has 0 radical (unpaired) electrons. The first-order valence-electron chi connectivity index (χ1n) is 6.79. The lowest BCUT2D eigenvalue weighted by Crippen LogP contribution is -2.16. The maximum atomic E-state index is 12.1. The van der Waals surface area contributed by atoms with Crippen molar-refractivity contribution in [2.24, 2.45) is 0 Å². The zero-order valence-electron chi connectivity index (χ0n) is 12.6. The van der Waals surface area contributed by atoms with E-state index >= 15 is 0 Å². The van der Waals surface area contributed by atoms with E-state index in [4.69, 9.17) is 4.42 Å². The van der Waals surface area contributed by atoms with E-state index in [1.165, 1.54) is 11.8 Å². The summed E-state index contributed by atoms with van der Waals surface area (Å²) in [6.07, 6.45) is 0. The van der Waals surface area contributed by atoms with Gasteiger partial charge in [-0.1, -0.05) is 43.8 Å². The van der Waals surface area contributed by atoms with Crippen LogP contribution in [-0.2, 0) is 4.79 Å². The summed E-state index contributed by atoms with van der Waals surface area (Å²) in [5, 5.41) is 11.0. The Labute approximate surface area is 128 Å². The van der Waals surface area contributed by atoms with Crippen molar-refractivity contribution in [3.8, 4) is 0 Å². The molecule has 0 spiro atoms. The fraction of sp³-hybridized carbons (Fsp3) is 0.400. The van der Waals surface area contributed by atoms with Gasteiger partial charge in [-0.25, -0.2) is 0 Å². The first-order chi connectivity index (χ1) is 9.97. The Morgan fingerprint density at radius 3 is 2.71 bits per heavy atom. The van der Waals surface area contributed by atoms with E-state index in [1.807, 2.05) is 25.1 Å². The fourth-order valence-electron chi connectivity index (χ4n) is 1.98. The van der Waals surface area contributed by atoms with E-state index in [9.17, 15) is 4.79 Å². The van der Waals surface area contributed by atoms with Crippen molar-refractivity contribution >= 4 is 23.4 Å². The predicted octanol–water partition coefficient (Wildman–Crippen LogP) is 3.54. The first-order valence-corrected chi connectivity index (χ1v) is 7.78. The standard InChI is InChI=1S/C15H19N3O2S/c1-9(2)12-7-5-6-10(3)14(12)16-13(19)8-21-15-18-17-11(4)20-15/h5-7,9H,8H2,1-4H3,(H,16,19). The second-order valence-corrected chi connectivity index (χ2v) is 6.04. The third-order valence-corrected chi connectivity index (χ3v) is 3.84. The zero-order valence-corrected chi connectivity index (χ0v) is 13.5. The average molecular weight is 305 g/mol. The molecule has 2 aromatic rings. The maximum Gasteiger partial charge on any atom is 0.277 e. The lowest BCUT2D eigenvalue weighted by atomic mass is 9.98. The highest BCUT2D eigenvalue weighted by Gasteiger charge is 2.13. The normalized spacial score (nSPS) is 10.9. The zero-order chi connectivity index (χ0) is 15.4. The van der Waals surface area contributed by atoms with Crippen LogP contribution < -0.4 is 5.32 Å². The smallest absolute Gasteiger partial charge is 0.277 e. The second-order valence-electron chi connectivity index (χ2n) is 5.12. The van der Waals surface area contributed by atoms with Gasteiger partial charge in [0.05, 0.1) is 5.75 Å². The molecule has 2 rings (SSSR count). The minimum absolute atomic E-state index is 0.0768. The van der Waals surface area contributed by atoms with Crippen molar-refractivity contribution < 1.29 is 9.21 Å². The fourth-order valence-corrected chi connectivity index (χ4v) is 2.59. The number of aryl methyl sites for hydroxylation is 2. The van der Waals surface area contributed by atoms with Crippen LogP contribution in [0, 0.1) is 13.8 Å². The van der Waals surface area contributed by atoms with Gasteiger partial charge in [-0.15, -0.1) is 10.2 Å². The number of para-hydroxylation sites is 1. The summed E-state index contributed by atoms with van der Waals surface area (Å²) in [5.74, 6) is 1.02. The molecule has 0 saturated carbocycles. The maximum absolute atomic E-state index is 12.1. The lowest BCUT2D eigenvalue weighted by molar-refractivity contribution is -0.113. The molecule has 1 amide bonds. The molecular weight excluding hydrogens is 286 g/mol. The summed E-state index contributed by atoms with van der Waals surface area (Å²) in [6.45, 7) is 7.94. The molecule has 0 unspecified atom stereocenters. The van der Waals surface area contributed by atoms with Gasteiger partial charge in [-0.05, 0) is 24.0 Å². The van der Waals surface area contributed by atoms with Gasteiger partial charge in [-0.2, -0.15) is 0 Å². The number of aromatic nitrogens is 2. The minimum atomic E-state index is -0.0768. The summed E-state index contributed by atoms with van der Waals surface area (Å²) in [5.41, 5.74) is 3.11. The van der Waals surface area contributed by atoms with Gasteiger partial charge in [0, 0.05) is 12.6 Å². The predicted molar refractivity (Wildman–Crippen MR) is 83.7 cm³/mol. The molecule has 1 aromatic carbocycles. The number of thioether (sulfide) groups is 1. The van der Waals surface area contributed by atoms with E-state index in [0.717, 1.165) is 16.8 Å². The molecular formula is C15H19N3O2S.